The molecular weight excluding hydrogens is 603 g/mol. The van der Waals surface area contributed by atoms with Gasteiger partial charge in [0.2, 0.25) is 0 Å². The first-order valence-electron chi connectivity index (χ1n) is 17.4. The van der Waals surface area contributed by atoms with Crippen molar-refractivity contribution in [2.75, 3.05) is 4.90 Å². The largest absolute Gasteiger partial charge is 0.310 e. The maximum absolute atomic E-state index is 2.48. The van der Waals surface area contributed by atoms with Crippen LogP contribution in [0.1, 0.15) is 25.0 Å². The van der Waals surface area contributed by atoms with Crippen LogP contribution in [0.5, 0.6) is 0 Å². The van der Waals surface area contributed by atoms with Crippen LogP contribution in [-0.4, -0.2) is 0 Å². The highest BCUT2D eigenvalue weighted by molar-refractivity contribution is 5.99. The van der Waals surface area contributed by atoms with Crippen LogP contribution in [0.15, 0.2) is 188 Å². The molecule has 8 aromatic carbocycles. The van der Waals surface area contributed by atoms with E-state index in [0.717, 1.165) is 11.4 Å². The van der Waals surface area contributed by atoms with E-state index < -0.39 is 0 Å². The van der Waals surface area contributed by atoms with Crippen LogP contribution in [0.4, 0.5) is 17.1 Å². The summed E-state index contributed by atoms with van der Waals surface area (Å²) in [5.41, 5.74) is 15.9. The van der Waals surface area contributed by atoms with Crippen LogP contribution in [0.3, 0.4) is 0 Å². The topological polar surface area (TPSA) is 3.24 Å². The average Bonchev–Trinajstić information content (AvgIpc) is 3.41. The molecule has 0 fully saturated rings. The number of fused-ring (bicyclic) bond motifs is 4. The van der Waals surface area contributed by atoms with Gasteiger partial charge >= 0.3 is 0 Å². The summed E-state index contributed by atoms with van der Waals surface area (Å²) in [6.45, 7) is 4.76. The van der Waals surface area contributed by atoms with E-state index in [-0.39, 0.29) is 5.41 Å². The molecule has 0 aliphatic heterocycles. The third-order valence-corrected chi connectivity index (χ3v) is 10.5. The lowest BCUT2D eigenvalue weighted by atomic mass is 9.81. The highest BCUT2D eigenvalue weighted by atomic mass is 15.1. The summed E-state index contributed by atoms with van der Waals surface area (Å²) in [7, 11) is 0. The molecular formula is C49H37N. The Morgan fingerprint density at radius 3 is 1.60 bits per heavy atom. The molecule has 0 unspecified atom stereocenters. The maximum atomic E-state index is 2.48. The Morgan fingerprint density at radius 1 is 0.360 bits per heavy atom. The van der Waals surface area contributed by atoms with Gasteiger partial charge in [-0.15, -0.1) is 0 Å². The van der Waals surface area contributed by atoms with E-state index in [0.29, 0.717) is 0 Å². The second-order valence-corrected chi connectivity index (χ2v) is 13.8. The van der Waals surface area contributed by atoms with Gasteiger partial charge < -0.3 is 4.90 Å². The summed E-state index contributed by atoms with van der Waals surface area (Å²) in [6, 6.07) is 68.6. The van der Waals surface area contributed by atoms with Crippen molar-refractivity contribution in [2.45, 2.75) is 19.3 Å². The fourth-order valence-electron chi connectivity index (χ4n) is 7.89. The van der Waals surface area contributed by atoms with Gasteiger partial charge in [-0.05, 0) is 97.2 Å². The van der Waals surface area contributed by atoms with Gasteiger partial charge in [0.25, 0.3) is 0 Å². The molecule has 9 rings (SSSR count). The Labute approximate surface area is 294 Å². The maximum Gasteiger partial charge on any atom is 0.0543 e. The lowest BCUT2D eigenvalue weighted by Gasteiger charge is -2.31. The van der Waals surface area contributed by atoms with Crippen molar-refractivity contribution in [3.8, 4) is 44.5 Å². The first kappa shape index (κ1) is 29.9. The quantitative estimate of drug-likeness (QED) is 0.175. The molecule has 0 saturated carbocycles. The van der Waals surface area contributed by atoms with Gasteiger partial charge in [0.1, 0.15) is 0 Å². The Bertz CT molecular complexity index is 2480. The molecule has 0 N–H and O–H groups in total. The van der Waals surface area contributed by atoms with Gasteiger partial charge in [-0.1, -0.05) is 166 Å². The summed E-state index contributed by atoms with van der Waals surface area (Å²) < 4.78 is 0. The normalized spacial score (nSPS) is 12.8. The highest BCUT2D eigenvalue weighted by Gasteiger charge is 2.38. The zero-order valence-corrected chi connectivity index (χ0v) is 28.3. The van der Waals surface area contributed by atoms with Crippen molar-refractivity contribution in [1.82, 2.24) is 0 Å². The van der Waals surface area contributed by atoms with Crippen LogP contribution in [0.25, 0.3) is 55.3 Å². The fourth-order valence-corrected chi connectivity index (χ4v) is 7.89. The van der Waals surface area contributed by atoms with Gasteiger partial charge in [0, 0.05) is 22.4 Å². The molecule has 50 heavy (non-hydrogen) atoms. The van der Waals surface area contributed by atoms with E-state index in [2.05, 4.69) is 207 Å². The number of anilines is 3. The van der Waals surface area contributed by atoms with Crippen LogP contribution in [0, 0.1) is 0 Å². The van der Waals surface area contributed by atoms with Gasteiger partial charge in [-0.2, -0.15) is 0 Å². The Balaban J connectivity index is 1.32. The van der Waals surface area contributed by atoms with E-state index in [4.69, 9.17) is 0 Å². The number of nitrogens with zero attached hydrogens (tertiary/aromatic N) is 1. The summed E-state index contributed by atoms with van der Waals surface area (Å²) in [5.74, 6) is 0. The van der Waals surface area contributed by atoms with Gasteiger partial charge in [-0.25, -0.2) is 0 Å². The molecule has 0 radical (unpaired) electrons. The van der Waals surface area contributed by atoms with Crippen molar-refractivity contribution in [1.29, 1.82) is 0 Å². The van der Waals surface area contributed by atoms with Gasteiger partial charge in [0.15, 0.2) is 0 Å². The predicted octanol–water partition coefficient (Wildman–Crippen LogP) is 13.6. The molecule has 0 spiro atoms. The first-order valence-corrected chi connectivity index (χ1v) is 17.4. The van der Waals surface area contributed by atoms with E-state index in [1.165, 1.54) is 72.1 Å². The Kier molecular flexibility index (Phi) is 7.21. The molecule has 0 bridgehead atoms. The molecule has 0 heterocycles. The lowest BCUT2D eigenvalue weighted by Crippen LogP contribution is -2.17. The summed E-state index contributed by atoms with van der Waals surface area (Å²) in [5, 5.41) is 2.46. The van der Waals surface area contributed by atoms with Crippen molar-refractivity contribution in [2.24, 2.45) is 0 Å². The number of hydrogen-bond donors (Lipinski definition) is 0. The summed E-state index contributed by atoms with van der Waals surface area (Å²) in [6.07, 6.45) is 0. The van der Waals surface area contributed by atoms with Crippen LogP contribution in [-0.2, 0) is 5.41 Å². The molecule has 0 amide bonds. The van der Waals surface area contributed by atoms with Crippen LogP contribution in [0.2, 0.25) is 0 Å². The second kappa shape index (κ2) is 12.1. The Hall–Kier alpha value is -6.18. The number of benzene rings is 8. The van der Waals surface area contributed by atoms with Crippen molar-refractivity contribution in [3.05, 3.63) is 199 Å². The van der Waals surface area contributed by atoms with Crippen LogP contribution >= 0.6 is 0 Å². The SMILES string of the molecule is CC1(C)c2cc(N(c3ccc(-c4ccccc4)cc3)c3ccc4ccccc4c3)c(-c3ccccc3)cc2-c2c(-c3ccccc3)cccc21. The average molecular weight is 640 g/mol. The molecule has 1 aliphatic carbocycles. The number of rotatable bonds is 6. The van der Waals surface area contributed by atoms with Crippen molar-refractivity contribution >= 4 is 27.8 Å². The molecule has 1 aliphatic rings. The minimum atomic E-state index is -0.189. The second-order valence-electron chi connectivity index (χ2n) is 13.8. The van der Waals surface area contributed by atoms with E-state index in [9.17, 15) is 0 Å². The molecule has 1 heteroatoms. The molecule has 0 aromatic heterocycles. The molecule has 8 aromatic rings. The van der Waals surface area contributed by atoms with Crippen LogP contribution < -0.4 is 4.90 Å². The van der Waals surface area contributed by atoms with Crippen molar-refractivity contribution < 1.29 is 0 Å². The zero-order valence-electron chi connectivity index (χ0n) is 28.3. The summed E-state index contributed by atoms with van der Waals surface area (Å²) >= 11 is 0. The van der Waals surface area contributed by atoms with E-state index in [1.54, 1.807) is 0 Å². The molecule has 0 atom stereocenters. The van der Waals surface area contributed by atoms with Gasteiger partial charge in [-0.3, -0.25) is 0 Å². The standard InChI is InChI=1S/C49H37N/c1-49(2)45-24-14-23-42(37-18-8-4-9-19-37)48(45)44-32-43(38-20-10-5-11-21-38)47(33-46(44)49)50(41-30-27-35-17-12-13-22-39(35)31-41)40-28-25-36(26-29-40)34-15-6-3-7-16-34/h3-33H,1-2H3. The first-order chi connectivity index (χ1) is 24.6. The predicted molar refractivity (Wildman–Crippen MR) is 213 cm³/mol. The lowest BCUT2D eigenvalue weighted by molar-refractivity contribution is 0.660. The Morgan fingerprint density at radius 2 is 0.920 bits per heavy atom. The molecule has 1 nitrogen and oxygen atoms in total. The smallest absolute Gasteiger partial charge is 0.0543 e. The molecule has 0 saturated heterocycles. The third kappa shape index (κ3) is 5.02. The van der Waals surface area contributed by atoms with Crippen molar-refractivity contribution in [3.63, 3.8) is 0 Å². The minimum absolute atomic E-state index is 0.189. The molecule has 238 valence electrons. The number of hydrogen-bond acceptors (Lipinski definition) is 1. The van der Waals surface area contributed by atoms with E-state index in [1.807, 2.05) is 0 Å². The zero-order chi connectivity index (χ0) is 33.7. The summed E-state index contributed by atoms with van der Waals surface area (Å²) in [4.78, 5) is 2.46. The minimum Gasteiger partial charge on any atom is -0.310 e. The third-order valence-electron chi connectivity index (χ3n) is 10.5. The highest BCUT2D eigenvalue weighted by Crippen LogP contribution is 2.56. The van der Waals surface area contributed by atoms with E-state index >= 15 is 0 Å². The monoisotopic (exact) mass is 639 g/mol. The van der Waals surface area contributed by atoms with Gasteiger partial charge in [0.05, 0.1) is 5.69 Å². The fraction of sp³-hybridized carbons (Fsp3) is 0.0612.